The number of rotatable bonds is 4. The van der Waals surface area contributed by atoms with Crippen LogP contribution in [-0.2, 0) is 14.8 Å². The van der Waals surface area contributed by atoms with Crippen molar-refractivity contribution >= 4 is 27.6 Å². The van der Waals surface area contributed by atoms with Crippen LogP contribution in [0, 0.1) is 12.8 Å². The molecule has 1 aromatic carbocycles. The molecule has 0 saturated heterocycles. The second kappa shape index (κ2) is 5.71. The molecule has 1 saturated carbocycles. The summed E-state index contributed by atoms with van der Waals surface area (Å²) in [4.78, 5) is 11.0. The molecule has 7 heteroatoms. The third-order valence-corrected chi connectivity index (χ3v) is 5.48. The number of hydrogen-bond acceptors (Lipinski definition) is 3. The molecule has 2 atom stereocenters. The van der Waals surface area contributed by atoms with Gasteiger partial charge in [0.2, 0.25) is 10.0 Å². The number of carboxylic acid groups (broad SMARTS) is 1. The molecule has 1 aromatic rings. The molecule has 5 nitrogen and oxygen atoms in total. The molecule has 1 fully saturated rings. The Kier molecular flexibility index (Phi) is 4.36. The first kappa shape index (κ1) is 15.3. The fourth-order valence-corrected chi connectivity index (χ4v) is 3.90. The lowest BCUT2D eigenvalue weighted by molar-refractivity contribution is -0.141. The van der Waals surface area contributed by atoms with E-state index in [4.69, 9.17) is 16.7 Å². The summed E-state index contributed by atoms with van der Waals surface area (Å²) in [5.74, 6) is -1.34. The average Bonchev–Trinajstić information content (AvgIpc) is 2.80. The largest absolute Gasteiger partial charge is 0.481 e. The Morgan fingerprint density at radius 2 is 2.10 bits per heavy atom. The molecule has 2 N–H and O–H groups in total. The lowest BCUT2D eigenvalue weighted by atomic mass is 10.1. The third kappa shape index (κ3) is 3.31. The van der Waals surface area contributed by atoms with E-state index in [9.17, 15) is 13.2 Å². The van der Waals surface area contributed by atoms with Crippen LogP contribution in [0.5, 0.6) is 0 Å². The van der Waals surface area contributed by atoms with Crippen molar-refractivity contribution in [3.8, 4) is 0 Å². The smallest absolute Gasteiger partial charge is 0.306 e. The second-order valence-corrected chi connectivity index (χ2v) is 7.20. The molecule has 1 aliphatic rings. The van der Waals surface area contributed by atoms with E-state index < -0.39 is 21.9 Å². The molecule has 0 radical (unpaired) electrons. The molecule has 0 aliphatic heterocycles. The number of carboxylic acids is 1. The van der Waals surface area contributed by atoms with E-state index in [1.807, 2.05) is 0 Å². The molecule has 2 rings (SSSR count). The SMILES string of the molecule is Cc1ccc(S(=O)(=O)N[C@@H]2CC[C@H](C(=O)O)C2)cc1Cl. The van der Waals surface area contributed by atoms with Crippen molar-refractivity contribution < 1.29 is 18.3 Å². The second-order valence-electron chi connectivity index (χ2n) is 5.08. The van der Waals surface area contributed by atoms with Crippen molar-refractivity contribution in [2.24, 2.45) is 5.92 Å². The van der Waals surface area contributed by atoms with Gasteiger partial charge in [-0.3, -0.25) is 4.79 Å². The Labute approximate surface area is 123 Å². The predicted octanol–water partition coefficient (Wildman–Crippen LogP) is 2.18. The highest BCUT2D eigenvalue weighted by Crippen LogP contribution is 2.27. The van der Waals surface area contributed by atoms with E-state index in [0.717, 1.165) is 5.56 Å². The van der Waals surface area contributed by atoms with Crippen LogP contribution in [0.3, 0.4) is 0 Å². The summed E-state index contributed by atoms with van der Waals surface area (Å²) in [5.41, 5.74) is 0.803. The summed E-state index contributed by atoms with van der Waals surface area (Å²) in [6, 6.07) is 4.21. The zero-order valence-electron chi connectivity index (χ0n) is 11.0. The van der Waals surface area contributed by atoms with Gasteiger partial charge in [-0.1, -0.05) is 17.7 Å². The highest BCUT2D eigenvalue weighted by molar-refractivity contribution is 7.89. The Morgan fingerprint density at radius 3 is 2.65 bits per heavy atom. The molecule has 110 valence electrons. The van der Waals surface area contributed by atoms with Crippen LogP contribution in [0.25, 0.3) is 0 Å². The standard InChI is InChI=1S/C13H16ClNO4S/c1-8-2-5-11(7-12(8)14)20(18,19)15-10-4-3-9(6-10)13(16)17/h2,5,7,9-10,15H,3-4,6H2,1H3,(H,16,17)/t9-,10+/m0/s1. The van der Waals surface area contributed by atoms with Gasteiger partial charge in [-0.15, -0.1) is 0 Å². The summed E-state index contributed by atoms with van der Waals surface area (Å²) in [7, 11) is -3.66. The number of aryl methyl sites for hydroxylation is 1. The van der Waals surface area contributed by atoms with E-state index in [0.29, 0.717) is 24.3 Å². The molecule has 0 bridgehead atoms. The molecule has 0 aromatic heterocycles. The first-order chi connectivity index (χ1) is 9.29. The minimum Gasteiger partial charge on any atom is -0.481 e. The van der Waals surface area contributed by atoms with Crippen LogP contribution in [0.4, 0.5) is 0 Å². The van der Waals surface area contributed by atoms with Gasteiger partial charge in [0.15, 0.2) is 0 Å². The monoisotopic (exact) mass is 317 g/mol. The van der Waals surface area contributed by atoms with E-state index >= 15 is 0 Å². The summed E-state index contributed by atoms with van der Waals surface area (Å²) < 4.78 is 27.0. The van der Waals surface area contributed by atoms with E-state index in [1.165, 1.54) is 12.1 Å². The number of aliphatic carboxylic acids is 1. The maximum atomic E-state index is 12.2. The Balaban J connectivity index is 2.12. The fourth-order valence-electron chi connectivity index (χ4n) is 2.34. The number of nitrogens with one attached hydrogen (secondary N) is 1. The molecule has 1 aliphatic carbocycles. The predicted molar refractivity (Wildman–Crippen MR) is 75.3 cm³/mol. The molecular weight excluding hydrogens is 302 g/mol. The summed E-state index contributed by atoms with van der Waals surface area (Å²) in [5, 5.41) is 9.31. The molecule has 0 spiro atoms. The minimum atomic E-state index is -3.66. The van der Waals surface area contributed by atoms with Crippen LogP contribution >= 0.6 is 11.6 Å². The zero-order valence-corrected chi connectivity index (χ0v) is 12.5. The van der Waals surface area contributed by atoms with Crippen LogP contribution in [0.1, 0.15) is 24.8 Å². The molecular formula is C13H16ClNO4S. The van der Waals surface area contributed by atoms with Crippen molar-refractivity contribution in [1.82, 2.24) is 4.72 Å². The number of hydrogen-bond donors (Lipinski definition) is 2. The van der Waals surface area contributed by atoms with Crippen LogP contribution < -0.4 is 4.72 Å². The zero-order chi connectivity index (χ0) is 14.9. The van der Waals surface area contributed by atoms with Gasteiger partial charge in [0, 0.05) is 11.1 Å². The minimum absolute atomic E-state index is 0.104. The first-order valence-corrected chi connectivity index (χ1v) is 8.17. The first-order valence-electron chi connectivity index (χ1n) is 6.31. The van der Waals surface area contributed by atoms with Crippen molar-refractivity contribution in [2.75, 3.05) is 0 Å². The van der Waals surface area contributed by atoms with Gasteiger partial charge in [0.25, 0.3) is 0 Å². The van der Waals surface area contributed by atoms with E-state index in [2.05, 4.69) is 4.72 Å². The van der Waals surface area contributed by atoms with Crippen molar-refractivity contribution in [3.05, 3.63) is 28.8 Å². The Hall–Kier alpha value is -1.11. The van der Waals surface area contributed by atoms with Crippen molar-refractivity contribution in [3.63, 3.8) is 0 Å². The maximum absolute atomic E-state index is 12.2. The van der Waals surface area contributed by atoms with Crippen molar-refractivity contribution in [2.45, 2.75) is 37.1 Å². The van der Waals surface area contributed by atoms with Gasteiger partial charge in [-0.2, -0.15) is 0 Å². The van der Waals surface area contributed by atoms with Crippen LogP contribution in [-0.4, -0.2) is 25.5 Å². The number of carbonyl (C=O) groups is 1. The van der Waals surface area contributed by atoms with Gasteiger partial charge >= 0.3 is 5.97 Å². The molecule has 20 heavy (non-hydrogen) atoms. The summed E-state index contributed by atoms with van der Waals surface area (Å²) in [6.45, 7) is 1.79. The highest BCUT2D eigenvalue weighted by atomic mass is 35.5. The molecule has 0 amide bonds. The highest BCUT2D eigenvalue weighted by Gasteiger charge is 2.32. The summed E-state index contributed by atoms with van der Waals surface area (Å²) >= 11 is 5.93. The van der Waals surface area contributed by atoms with Gasteiger partial charge in [-0.25, -0.2) is 13.1 Å². The molecule has 0 unspecified atom stereocenters. The lowest BCUT2D eigenvalue weighted by Crippen LogP contribution is -2.33. The van der Waals surface area contributed by atoms with E-state index in [1.54, 1.807) is 13.0 Å². The van der Waals surface area contributed by atoms with Crippen molar-refractivity contribution in [1.29, 1.82) is 0 Å². The number of halogens is 1. The average molecular weight is 318 g/mol. The van der Waals surface area contributed by atoms with Gasteiger partial charge in [-0.05, 0) is 43.9 Å². The van der Waals surface area contributed by atoms with Gasteiger partial charge in [0.1, 0.15) is 0 Å². The van der Waals surface area contributed by atoms with Crippen LogP contribution in [0.2, 0.25) is 5.02 Å². The normalized spacial score (nSPS) is 22.9. The van der Waals surface area contributed by atoms with Crippen LogP contribution in [0.15, 0.2) is 23.1 Å². The third-order valence-electron chi connectivity index (χ3n) is 3.56. The molecule has 0 heterocycles. The Bertz CT molecular complexity index is 629. The van der Waals surface area contributed by atoms with Gasteiger partial charge in [0.05, 0.1) is 10.8 Å². The lowest BCUT2D eigenvalue weighted by Gasteiger charge is -2.13. The quantitative estimate of drug-likeness (QED) is 0.891. The number of benzene rings is 1. The van der Waals surface area contributed by atoms with Gasteiger partial charge < -0.3 is 5.11 Å². The Morgan fingerprint density at radius 1 is 1.40 bits per heavy atom. The maximum Gasteiger partial charge on any atom is 0.306 e. The van der Waals surface area contributed by atoms with E-state index in [-0.39, 0.29) is 10.9 Å². The topological polar surface area (TPSA) is 83.5 Å². The summed E-state index contributed by atoms with van der Waals surface area (Å²) in [6.07, 6.45) is 1.36. The number of sulfonamides is 1. The fraction of sp³-hybridized carbons (Fsp3) is 0.462.